The number of carbonyl (C=O) groups excluding carboxylic acids is 3. The van der Waals surface area contributed by atoms with Gasteiger partial charge in [-0.1, -0.05) is 53.6 Å². The van der Waals surface area contributed by atoms with E-state index in [4.69, 9.17) is 9.47 Å². The summed E-state index contributed by atoms with van der Waals surface area (Å²) < 4.78 is 10.9. The summed E-state index contributed by atoms with van der Waals surface area (Å²) in [5, 5.41) is 17.2. The number of hydrogen-bond acceptors (Lipinski definition) is 8. The van der Waals surface area contributed by atoms with Gasteiger partial charge in [-0.2, -0.15) is 4.80 Å². The van der Waals surface area contributed by atoms with Gasteiger partial charge in [-0.05, 0) is 67.5 Å². The van der Waals surface area contributed by atoms with Crippen LogP contribution >= 0.6 is 0 Å². The molecule has 1 aliphatic carbocycles. The predicted octanol–water partition coefficient (Wildman–Crippen LogP) is 3.78. The van der Waals surface area contributed by atoms with E-state index in [-0.39, 0.29) is 18.5 Å². The summed E-state index contributed by atoms with van der Waals surface area (Å²) in [4.78, 5) is 40.7. The van der Waals surface area contributed by atoms with Crippen molar-refractivity contribution in [3.8, 4) is 11.1 Å². The number of unbranched alkanes of at least 4 members (excludes halogenated alkanes) is 1. The van der Waals surface area contributed by atoms with Crippen molar-refractivity contribution in [2.45, 2.75) is 57.6 Å². The van der Waals surface area contributed by atoms with Gasteiger partial charge < -0.3 is 20.1 Å². The highest BCUT2D eigenvalue weighted by Crippen LogP contribution is 2.44. The second-order valence-corrected chi connectivity index (χ2v) is 10.9. The van der Waals surface area contributed by atoms with Gasteiger partial charge in [0.1, 0.15) is 18.2 Å². The van der Waals surface area contributed by atoms with Gasteiger partial charge >= 0.3 is 12.2 Å². The average molecular weight is 564 g/mol. The number of benzene rings is 2. The minimum Gasteiger partial charge on any atom is -0.449 e. The summed E-state index contributed by atoms with van der Waals surface area (Å²) in [5.41, 5.74) is 3.86. The zero-order chi connectivity index (χ0) is 29.6. The maximum absolute atomic E-state index is 13.4. The van der Waals surface area contributed by atoms with E-state index in [2.05, 4.69) is 38.2 Å². The summed E-state index contributed by atoms with van der Waals surface area (Å²) in [5.74, 6) is -0.400. The van der Waals surface area contributed by atoms with E-state index in [1.54, 1.807) is 27.8 Å². The van der Waals surface area contributed by atoms with Crippen molar-refractivity contribution in [3.63, 3.8) is 0 Å². The minimum absolute atomic E-state index is 0.104. The van der Waals surface area contributed by atoms with Gasteiger partial charge in [-0.15, -0.1) is 5.10 Å². The molecule has 3 aromatic rings. The SMILES string of the molecule is CN(C(=O)[C@H](CCCCNC(=O)OC(C)(C)C)NC(=O)OCC1c2ccccc2-c2ccccc21)c1nnn(C)n1. The molecule has 2 aromatic carbocycles. The number of alkyl carbamates (subject to hydrolysis) is 2. The lowest BCUT2D eigenvalue weighted by atomic mass is 9.98. The molecule has 4 rings (SSSR count). The Morgan fingerprint density at radius 2 is 1.63 bits per heavy atom. The highest BCUT2D eigenvalue weighted by atomic mass is 16.6. The van der Waals surface area contributed by atoms with Crippen LogP contribution in [0.15, 0.2) is 48.5 Å². The zero-order valence-electron chi connectivity index (χ0n) is 24.1. The number of fused-ring (bicyclic) bond motifs is 3. The van der Waals surface area contributed by atoms with Gasteiger partial charge in [0.15, 0.2) is 0 Å². The first-order valence-electron chi connectivity index (χ1n) is 13.6. The molecule has 0 unspecified atom stereocenters. The average Bonchev–Trinajstić information content (AvgIpc) is 3.50. The van der Waals surface area contributed by atoms with Crippen molar-refractivity contribution in [2.24, 2.45) is 7.05 Å². The number of tetrazole rings is 1. The highest BCUT2D eigenvalue weighted by Gasteiger charge is 2.31. The number of amides is 3. The number of anilines is 1. The molecule has 1 aromatic heterocycles. The maximum atomic E-state index is 13.4. The number of nitrogens with zero attached hydrogens (tertiary/aromatic N) is 5. The lowest BCUT2D eigenvalue weighted by molar-refractivity contribution is -0.120. The third kappa shape index (κ3) is 7.59. The van der Waals surface area contributed by atoms with E-state index in [1.165, 1.54) is 16.7 Å². The van der Waals surface area contributed by atoms with E-state index in [0.29, 0.717) is 25.8 Å². The lowest BCUT2D eigenvalue weighted by Gasteiger charge is -2.23. The van der Waals surface area contributed by atoms with Crippen LogP contribution in [0.3, 0.4) is 0 Å². The summed E-state index contributed by atoms with van der Waals surface area (Å²) in [6.45, 7) is 5.87. The molecule has 12 nitrogen and oxygen atoms in total. The summed E-state index contributed by atoms with van der Waals surface area (Å²) in [6, 6.07) is 15.2. The largest absolute Gasteiger partial charge is 0.449 e. The van der Waals surface area contributed by atoms with E-state index < -0.39 is 29.7 Å². The van der Waals surface area contributed by atoms with Gasteiger partial charge in [-0.25, -0.2) is 9.59 Å². The molecule has 3 amide bonds. The van der Waals surface area contributed by atoms with E-state index in [1.807, 2.05) is 36.4 Å². The summed E-state index contributed by atoms with van der Waals surface area (Å²) in [7, 11) is 3.12. The van der Waals surface area contributed by atoms with E-state index in [0.717, 1.165) is 22.3 Å². The Kier molecular flexibility index (Phi) is 9.21. The first-order chi connectivity index (χ1) is 19.5. The summed E-state index contributed by atoms with van der Waals surface area (Å²) >= 11 is 0. The normalized spacial score (nSPS) is 13.1. The number of aryl methyl sites for hydroxylation is 1. The maximum Gasteiger partial charge on any atom is 0.407 e. The van der Waals surface area contributed by atoms with Gasteiger partial charge in [0.05, 0.1) is 7.05 Å². The van der Waals surface area contributed by atoms with Crippen LogP contribution in [0, 0.1) is 0 Å². The molecule has 0 radical (unpaired) electrons. The van der Waals surface area contributed by atoms with Crippen molar-refractivity contribution in [2.75, 3.05) is 25.1 Å². The van der Waals surface area contributed by atoms with Gasteiger partial charge in [0.2, 0.25) is 0 Å². The third-order valence-electron chi connectivity index (χ3n) is 6.65. The Balaban J connectivity index is 1.37. The predicted molar refractivity (Wildman–Crippen MR) is 152 cm³/mol. The fourth-order valence-electron chi connectivity index (χ4n) is 4.76. The van der Waals surface area contributed by atoms with Crippen molar-refractivity contribution in [3.05, 3.63) is 59.7 Å². The Morgan fingerprint density at radius 3 is 2.22 bits per heavy atom. The molecular formula is C29H37N7O5. The van der Waals surface area contributed by atoms with Gasteiger partial charge in [-0.3, -0.25) is 9.69 Å². The lowest BCUT2D eigenvalue weighted by Crippen LogP contribution is -2.48. The van der Waals surface area contributed by atoms with Crippen molar-refractivity contribution in [1.29, 1.82) is 0 Å². The van der Waals surface area contributed by atoms with Crippen LogP contribution in [-0.2, 0) is 21.3 Å². The first kappa shape index (κ1) is 29.5. The quantitative estimate of drug-likeness (QED) is 0.355. The summed E-state index contributed by atoms with van der Waals surface area (Å²) in [6.07, 6.45) is 0.219. The molecule has 0 spiro atoms. The second-order valence-electron chi connectivity index (χ2n) is 10.9. The number of rotatable bonds is 10. The van der Waals surface area contributed by atoms with Crippen LogP contribution in [0.5, 0.6) is 0 Å². The van der Waals surface area contributed by atoms with Gasteiger partial charge in [0.25, 0.3) is 11.9 Å². The molecule has 1 atom stereocenters. The number of likely N-dealkylation sites (N-methyl/N-ethyl adjacent to an activating group) is 1. The molecule has 0 bridgehead atoms. The zero-order valence-corrected chi connectivity index (χ0v) is 24.1. The number of nitrogens with one attached hydrogen (secondary N) is 2. The Hall–Kier alpha value is -4.48. The molecule has 41 heavy (non-hydrogen) atoms. The Labute approximate surface area is 239 Å². The minimum atomic E-state index is -0.902. The van der Waals surface area contributed by atoms with Crippen LogP contribution in [0.25, 0.3) is 11.1 Å². The number of carbonyl (C=O) groups is 3. The molecule has 0 fully saturated rings. The number of ether oxygens (including phenoxy) is 2. The monoisotopic (exact) mass is 563 g/mol. The molecule has 2 N–H and O–H groups in total. The van der Waals surface area contributed by atoms with Crippen LogP contribution in [0.1, 0.15) is 57.1 Å². The van der Waals surface area contributed by atoms with Crippen molar-refractivity contribution < 1.29 is 23.9 Å². The topological polar surface area (TPSA) is 141 Å². The van der Waals surface area contributed by atoms with Crippen molar-refractivity contribution in [1.82, 2.24) is 30.8 Å². The van der Waals surface area contributed by atoms with E-state index in [9.17, 15) is 14.4 Å². The standard InChI is InChI=1S/C29H37N7O5/c1-29(2,3)41-27(38)30-17-11-10-16-24(25(37)35(4)26-32-34-36(5)33-26)31-28(39)40-18-23-21-14-8-6-12-19(21)20-13-7-9-15-22(20)23/h6-9,12-15,23-24H,10-11,16-18H2,1-5H3,(H,30,38)(H,31,39)/t24-/m0/s1. The second kappa shape index (κ2) is 12.8. The van der Waals surface area contributed by atoms with Crippen LogP contribution < -0.4 is 15.5 Å². The highest BCUT2D eigenvalue weighted by molar-refractivity contribution is 5.96. The molecular weight excluding hydrogens is 526 g/mol. The fraction of sp³-hybridized carbons (Fsp3) is 0.448. The molecule has 12 heteroatoms. The molecule has 0 saturated heterocycles. The smallest absolute Gasteiger partial charge is 0.407 e. The number of hydrogen-bond donors (Lipinski definition) is 2. The van der Waals surface area contributed by atoms with Crippen LogP contribution in [-0.4, -0.2) is 70.1 Å². The third-order valence-corrected chi connectivity index (χ3v) is 6.65. The molecule has 218 valence electrons. The van der Waals surface area contributed by atoms with E-state index >= 15 is 0 Å². The first-order valence-corrected chi connectivity index (χ1v) is 13.6. The molecule has 0 saturated carbocycles. The molecule has 0 aliphatic heterocycles. The van der Waals surface area contributed by atoms with Gasteiger partial charge in [0, 0.05) is 19.5 Å². The van der Waals surface area contributed by atoms with Crippen molar-refractivity contribution >= 4 is 24.0 Å². The fourth-order valence-corrected chi connectivity index (χ4v) is 4.76. The Bertz CT molecular complexity index is 1340. The van der Waals surface area contributed by atoms with Crippen LogP contribution in [0.2, 0.25) is 0 Å². The molecule has 1 aliphatic rings. The Morgan fingerprint density at radius 1 is 1.00 bits per heavy atom. The number of aromatic nitrogens is 4. The molecule has 1 heterocycles. The van der Waals surface area contributed by atoms with Crippen LogP contribution in [0.4, 0.5) is 15.5 Å².